The van der Waals surface area contributed by atoms with Crippen molar-refractivity contribution in [1.29, 1.82) is 0 Å². The monoisotopic (exact) mass is 289 g/mol. The molecule has 1 aliphatic rings. The van der Waals surface area contributed by atoms with Gasteiger partial charge >= 0.3 is 0 Å². The van der Waals surface area contributed by atoms with E-state index in [1.165, 1.54) is 12.7 Å². The lowest BCUT2D eigenvalue weighted by atomic mass is 10.1. The van der Waals surface area contributed by atoms with Gasteiger partial charge in [0.05, 0.1) is 13.3 Å². The Balaban J connectivity index is 1.75. The Morgan fingerprint density at radius 1 is 1.43 bits per heavy atom. The van der Waals surface area contributed by atoms with E-state index in [2.05, 4.69) is 16.2 Å². The summed E-state index contributed by atoms with van der Waals surface area (Å²) >= 11 is 0. The first-order valence-corrected chi connectivity index (χ1v) is 7.22. The summed E-state index contributed by atoms with van der Waals surface area (Å²) in [5.74, 6) is -0.00361. The Morgan fingerprint density at radius 3 is 2.95 bits per heavy atom. The number of nitrogens with zero attached hydrogens (tertiary/aromatic N) is 3. The summed E-state index contributed by atoms with van der Waals surface area (Å²) in [6.07, 6.45) is 6.29. The van der Waals surface area contributed by atoms with E-state index in [0.717, 1.165) is 31.5 Å². The van der Waals surface area contributed by atoms with Crippen LogP contribution in [0, 0.1) is 5.82 Å². The second kappa shape index (κ2) is 5.85. The lowest BCUT2D eigenvalue weighted by Gasteiger charge is -2.23. The van der Waals surface area contributed by atoms with Gasteiger partial charge in [0, 0.05) is 31.4 Å². The van der Waals surface area contributed by atoms with Crippen LogP contribution in [0.4, 0.5) is 4.39 Å². The standard InChI is InChI=1S/C16H20FN3O/c1-19-11-13(9-18-19)15-4-3-7-20(15)10-12-5-6-16(21-2)14(17)8-12/h5-6,8-9,11,15H,3-4,7,10H2,1-2H3/t15-/m0/s1. The third kappa shape index (κ3) is 2.93. The SMILES string of the molecule is COc1ccc(CN2CCC[C@H]2c2cnn(C)c2)cc1F. The Labute approximate surface area is 124 Å². The maximum atomic E-state index is 13.8. The Morgan fingerprint density at radius 2 is 2.29 bits per heavy atom. The van der Waals surface area contributed by atoms with Crippen molar-refractivity contribution in [3.05, 3.63) is 47.5 Å². The van der Waals surface area contributed by atoms with Gasteiger partial charge in [-0.1, -0.05) is 6.07 Å². The fourth-order valence-corrected chi connectivity index (χ4v) is 3.05. The Hall–Kier alpha value is -1.88. The molecule has 3 rings (SSSR count). The largest absolute Gasteiger partial charge is 0.494 e. The van der Waals surface area contributed by atoms with Crippen LogP contribution < -0.4 is 4.74 Å². The highest BCUT2D eigenvalue weighted by Gasteiger charge is 2.27. The molecule has 0 amide bonds. The van der Waals surface area contributed by atoms with Gasteiger partial charge < -0.3 is 4.74 Å². The molecule has 0 N–H and O–H groups in total. The molecule has 0 saturated carbocycles. The van der Waals surface area contributed by atoms with Crippen LogP contribution in [0.5, 0.6) is 5.75 Å². The van der Waals surface area contributed by atoms with Crippen molar-refractivity contribution >= 4 is 0 Å². The number of hydrogen-bond donors (Lipinski definition) is 0. The van der Waals surface area contributed by atoms with Crippen molar-refractivity contribution < 1.29 is 9.13 Å². The number of aromatic nitrogens is 2. The summed E-state index contributed by atoms with van der Waals surface area (Å²) < 4.78 is 20.6. The fraction of sp³-hybridized carbons (Fsp3) is 0.438. The predicted molar refractivity (Wildman–Crippen MR) is 78.5 cm³/mol. The van der Waals surface area contributed by atoms with Crippen molar-refractivity contribution in [3.8, 4) is 5.75 Å². The molecule has 0 bridgehead atoms. The maximum absolute atomic E-state index is 13.8. The summed E-state index contributed by atoms with van der Waals surface area (Å²) in [5.41, 5.74) is 2.22. The summed E-state index contributed by atoms with van der Waals surface area (Å²) in [7, 11) is 3.42. The predicted octanol–water partition coefficient (Wildman–Crippen LogP) is 2.90. The van der Waals surface area contributed by atoms with Crippen LogP contribution in [0.1, 0.15) is 30.0 Å². The minimum Gasteiger partial charge on any atom is -0.494 e. The minimum atomic E-state index is -0.299. The number of halogens is 1. The quantitative estimate of drug-likeness (QED) is 0.867. The smallest absolute Gasteiger partial charge is 0.165 e. The van der Waals surface area contributed by atoms with E-state index in [-0.39, 0.29) is 5.82 Å². The molecule has 1 atom stereocenters. The molecule has 112 valence electrons. The second-order valence-electron chi connectivity index (χ2n) is 5.54. The maximum Gasteiger partial charge on any atom is 0.165 e. The van der Waals surface area contributed by atoms with Gasteiger partial charge in [-0.25, -0.2) is 4.39 Å². The van der Waals surface area contributed by atoms with Gasteiger partial charge in [0.15, 0.2) is 11.6 Å². The van der Waals surface area contributed by atoms with Crippen molar-refractivity contribution in [3.63, 3.8) is 0 Å². The molecule has 1 saturated heterocycles. The fourth-order valence-electron chi connectivity index (χ4n) is 3.05. The first-order valence-electron chi connectivity index (χ1n) is 7.22. The average molecular weight is 289 g/mol. The summed E-state index contributed by atoms with van der Waals surface area (Å²) in [5, 5.41) is 4.25. The van der Waals surface area contributed by atoms with Gasteiger partial charge in [-0.2, -0.15) is 5.10 Å². The van der Waals surface area contributed by atoms with Gasteiger partial charge in [0.1, 0.15) is 0 Å². The van der Waals surface area contributed by atoms with Crippen molar-refractivity contribution in [1.82, 2.24) is 14.7 Å². The first-order chi connectivity index (χ1) is 10.2. The average Bonchev–Trinajstić information content (AvgIpc) is 3.08. The Bertz CT molecular complexity index is 626. The lowest BCUT2D eigenvalue weighted by molar-refractivity contribution is 0.248. The number of methoxy groups -OCH3 is 1. The topological polar surface area (TPSA) is 30.3 Å². The van der Waals surface area contributed by atoms with E-state index >= 15 is 0 Å². The first kappa shape index (κ1) is 14.1. The highest BCUT2D eigenvalue weighted by molar-refractivity contribution is 5.29. The van der Waals surface area contributed by atoms with Crippen molar-refractivity contribution in [2.24, 2.45) is 7.05 Å². The molecular formula is C16H20FN3O. The van der Waals surface area contributed by atoms with E-state index in [4.69, 9.17) is 4.74 Å². The molecule has 1 aromatic heterocycles. The van der Waals surface area contributed by atoms with E-state index in [1.54, 1.807) is 12.1 Å². The van der Waals surface area contributed by atoms with Crippen LogP contribution in [0.3, 0.4) is 0 Å². The molecule has 0 radical (unpaired) electrons. The third-order valence-corrected chi connectivity index (χ3v) is 4.08. The van der Waals surface area contributed by atoms with Crippen molar-refractivity contribution in [2.45, 2.75) is 25.4 Å². The molecule has 0 aliphatic carbocycles. The molecule has 2 aromatic rings. The zero-order chi connectivity index (χ0) is 14.8. The molecule has 0 spiro atoms. The number of ether oxygens (including phenoxy) is 1. The minimum absolute atomic E-state index is 0.295. The van der Waals surface area contributed by atoms with Gasteiger partial charge in [-0.3, -0.25) is 9.58 Å². The number of rotatable bonds is 4. The summed E-state index contributed by atoms with van der Waals surface area (Å²) in [6.45, 7) is 1.79. The summed E-state index contributed by atoms with van der Waals surface area (Å²) in [6, 6.07) is 5.57. The number of benzene rings is 1. The van der Waals surface area contributed by atoms with Crippen LogP contribution in [0.2, 0.25) is 0 Å². The number of aryl methyl sites for hydroxylation is 1. The van der Waals surface area contributed by atoms with Crippen LogP contribution in [0.25, 0.3) is 0 Å². The van der Waals surface area contributed by atoms with Crippen LogP contribution in [-0.4, -0.2) is 28.3 Å². The van der Waals surface area contributed by atoms with Crippen LogP contribution >= 0.6 is 0 Å². The molecule has 1 aromatic carbocycles. The normalized spacial score (nSPS) is 19.1. The molecule has 2 heterocycles. The zero-order valence-electron chi connectivity index (χ0n) is 12.4. The highest BCUT2D eigenvalue weighted by atomic mass is 19.1. The van der Waals surface area contributed by atoms with E-state index in [9.17, 15) is 4.39 Å². The van der Waals surface area contributed by atoms with Gasteiger partial charge in [0.25, 0.3) is 0 Å². The van der Waals surface area contributed by atoms with Crippen LogP contribution in [0.15, 0.2) is 30.6 Å². The Kier molecular flexibility index (Phi) is 3.92. The van der Waals surface area contributed by atoms with Gasteiger partial charge in [0.2, 0.25) is 0 Å². The van der Waals surface area contributed by atoms with E-state index in [0.29, 0.717) is 11.8 Å². The van der Waals surface area contributed by atoms with E-state index < -0.39 is 0 Å². The molecule has 5 heteroatoms. The van der Waals surface area contributed by atoms with Gasteiger partial charge in [-0.15, -0.1) is 0 Å². The second-order valence-corrected chi connectivity index (χ2v) is 5.54. The van der Waals surface area contributed by atoms with Gasteiger partial charge in [-0.05, 0) is 37.1 Å². The molecular weight excluding hydrogens is 269 g/mol. The summed E-state index contributed by atoms with van der Waals surface area (Å²) in [4.78, 5) is 2.39. The highest BCUT2D eigenvalue weighted by Crippen LogP contribution is 2.33. The molecule has 1 fully saturated rings. The van der Waals surface area contributed by atoms with Crippen molar-refractivity contribution in [2.75, 3.05) is 13.7 Å². The van der Waals surface area contributed by atoms with Crippen LogP contribution in [-0.2, 0) is 13.6 Å². The molecule has 21 heavy (non-hydrogen) atoms. The van der Waals surface area contributed by atoms with E-state index in [1.807, 2.05) is 24.0 Å². The number of hydrogen-bond acceptors (Lipinski definition) is 3. The zero-order valence-corrected chi connectivity index (χ0v) is 12.4. The number of likely N-dealkylation sites (tertiary alicyclic amines) is 1. The third-order valence-electron chi connectivity index (χ3n) is 4.08. The lowest BCUT2D eigenvalue weighted by Crippen LogP contribution is -2.22. The molecule has 1 aliphatic heterocycles. The molecule has 4 nitrogen and oxygen atoms in total. The molecule has 0 unspecified atom stereocenters.